The maximum atomic E-state index is 14.3. The highest BCUT2D eigenvalue weighted by Crippen LogP contribution is 2.32. The molecule has 1 aromatic heterocycles. The Morgan fingerprint density at radius 2 is 1.93 bits per heavy atom. The molecule has 146 valence electrons. The quantitative estimate of drug-likeness (QED) is 0.538. The summed E-state index contributed by atoms with van der Waals surface area (Å²) in [6.07, 6.45) is 2.59. The second kappa shape index (κ2) is 8.15. The standard InChI is InChI=1S/C23H25FN2O2/c1-16-22(25-23(28-16)20-12-19(27-2)10-11-21(20)24)15-26(14-18-8-9-18)13-17-6-4-3-5-7-17/h3-7,10-12,18H,8-9,13-15H2,1-2H3. The summed E-state index contributed by atoms with van der Waals surface area (Å²) in [5.74, 6) is 2.01. The average Bonchev–Trinajstić information content (AvgIpc) is 3.44. The third-order valence-electron chi connectivity index (χ3n) is 5.13. The SMILES string of the molecule is COc1ccc(F)c(-c2nc(CN(Cc3ccccc3)CC3CC3)c(C)o2)c1. The van der Waals surface area contributed by atoms with Gasteiger partial charge in [-0.25, -0.2) is 9.37 Å². The second-order valence-electron chi connectivity index (χ2n) is 7.47. The van der Waals surface area contributed by atoms with Crippen LogP contribution in [0.2, 0.25) is 0 Å². The highest BCUT2D eigenvalue weighted by atomic mass is 19.1. The van der Waals surface area contributed by atoms with Crippen molar-refractivity contribution in [2.75, 3.05) is 13.7 Å². The Morgan fingerprint density at radius 1 is 1.14 bits per heavy atom. The molecule has 0 N–H and O–H groups in total. The highest BCUT2D eigenvalue weighted by Gasteiger charge is 2.26. The fourth-order valence-electron chi connectivity index (χ4n) is 3.39. The summed E-state index contributed by atoms with van der Waals surface area (Å²) < 4.78 is 25.3. The minimum atomic E-state index is -0.368. The van der Waals surface area contributed by atoms with E-state index in [1.165, 1.54) is 24.5 Å². The molecule has 1 aliphatic rings. The van der Waals surface area contributed by atoms with E-state index in [-0.39, 0.29) is 5.82 Å². The van der Waals surface area contributed by atoms with E-state index in [1.807, 2.05) is 13.0 Å². The van der Waals surface area contributed by atoms with E-state index in [1.54, 1.807) is 19.2 Å². The predicted octanol–water partition coefficient (Wildman–Crippen LogP) is 5.21. The van der Waals surface area contributed by atoms with Crippen molar-refractivity contribution in [3.8, 4) is 17.2 Å². The van der Waals surface area contributed by atoms with Crippen LogP contribution in [0.5, 0.6) is 5.75 Å². The van der Waals surface area contributed by atoms with Gasteiger partial charge in [0.15, 0.2) is 0 Å². The van der Waals surface area contributed by atoms with Crippen LogP contribution in [0.1, 0.15) is 29.9 Å². The number of methoxy groups -OCH3 is 1. The molecule has 1 saturated carbocycles. The molecule has 0 radical (unpaired) electrons. The summed E-state index contributed by atoms with van der Waals surface area (Å²) in [7, 11) is 1.56. The van der Waals surface area contributed by atoms with Crippen LogP contribution in [0.15, 0.2) is 52.9 Å². The average molecular weight is 380 g/mol. The van der Waals surface area contributed by atoms with Gasteiger partial charge in [-0.2, -0.15) is 0 Å². The van der Waals surface area contributed by atoms with Crippen molar-refractivity contribution < 1.29 is 13.5 Å². The number of aromatic nitrogens is 1. The Kier molecular flexibility index (Phi) is 5.44. The predicted molar refractivity (Wildman–Crippen MR) is 106 cm³/mol. The lowest BCUT2D eigenvalue weighted by molar-refractivity contribution is 0.242. The molecule has 2 aromatic carbocycles. The van der Waals surface area contributed by atoms with Gasteiger partial charge in [-0.05, 0) is 49.4 Å². The molecule has 0 bridgehead atoms. The lowest BCUT2D eigenvalue weighted by Gasteiger charge is -2.21. The van der Waals surface area contributed by atoms with Crippen molar-refractivity contribution in [1.29, 1.82) is 0 Å². The second-order valence-corrected chi connectivity index (χ2v) is 7.47. The number of benzene rings is 2. The number of halogens is 1. The van der Waals surface area contributed by atoms with Crippen LogP contribution in [0.3, 0.4) is 0 Å². The zero-order valence-electron chi connectivity index (χ0n) is 16.3. The molecule has 0 unspecified atom stereocenters. The normalized spacial score (nSPS) is 13.9. The highest BCUT2D eigenvalue weighted by molar-refractivity contribution is 5.57. The maximum Gasteiger partial charge on any atom is 0.229 e. The fourth-order valence-corrected chi connectivity index (χ4v) is 3.39. The van der Waals surface area contributed by atoms with Crippen molar-refractivity contribution in [1.82, 2.24) is 9.88 Å². The minimum Gasteiger partial charge on any atom is -0.497 e. The first kappa shape index (κ1) is 18.7. The number of ether oxygens (including phenoxy) is 1. The van der Waals surface area contributed by atoms with Crippen molar-refractivity contribution >= 4 is 0 Å². The number of oxazole rings is 1. The molecule has 4 rings (SSSR count). The maximum absolute atomic E-state index is 14.3. The first-order valence-electron chi connectivity index (χ1n) is 9.69. The molecule has 4 nitrogen and oxygen atoms in total. The van der Waals surface area contributed by atoms with E-state index in [0.717, 1.165) is 30.5 Å². The van der Waals surface area contributed by atoms with E-state index in [9.17, 15) is 4.39 Å². The van der Waals surface area contributed by atoms with E-state index in [4.69, 9.17) is 9.15 Å². The van der Waals surface area contributed by atoms with E-state index < -0.39 is 0 Å². The molecule has 0 aliphatic heterocycles. The largest absolute Gasteiger partial charge is 0.497 e. The molecule has 0 spiro atoms. The number of aryl methyl sites for hydroxylation is 1. The number of hydrogen-bond donors (Lipinski definition) is 0. The van der Waals surface area contributed by atoms with Crippen molar-refractivity contribution in [3.05, 3.63) is 71.4 Å². The van der Waals surface area contributed by atoms with Crippen LogP contribution in [-0.2, 0) is 13.1 Å². The summed E-state index contributed by atoms with van der Waals surface area (Å²) >= 11 is 0. The number of rotatable bonds is 8. The third kappa shape index (κ3) is 4.42. The van der Waals surface area contributed by atoms with Gasteiger partial charge in [0.1, 0.15) is 17.3 Å². The molecular formula is C23H25FN2O2. The number of nitrogens with zero attached hydrogens (tertiary/aromatic N) is 2. The molecule has 1 heterocycles. The summed E-state index contributed by atoms with van der Waals surface area (Å²) in [6, 6.07) is 15.0. The first-order valence-corrected chi connectivity index (χ1v) is 9.69. The van der Waals surface area contributed by atoms with Gasteiger partial charge in [-0.3, -0.25) is 4.90 Å². The lowest BCUT2D eigenvalue weighted by Crippen LogP contribution is -2.25. The van der Waals surface area contributed by atoms with Gasteiger partial charge in [-0.1, -0.05) is 30.3 Å². The molecule has 28 heavy (non-hydrogen) atoms. The molecule has 1 aliphatic carbocycles. The Hall–Kier alpha value is -2.66. The van der Waals surface area contributed by atoms with E-state index >= 15 is 0 Å². The molecular weight excluding hydrogens is 355 g/mol. The lowest BCUT2D eigenvalue weighted by atomic mass is 10.2. The van der Waals surface area contributed by atoms with Gasteiger partial charge in [0.2, 0.25) is 5.89 Å². The smallest absolute Gasteiger partial charge is 0.229 e. The molecule has 0 saturated heterocycles. The van der Waals surface area contributed by atoms with Gasteiger partial charge in [0.25, 0.3) is 0 Å². The Morgan fingerprint density at radius 3 is 2.64 bits per heavy atom. The van der Waals surface area contributed by atoms with Crippen LogP contribution in [-0.4, -0.2) is 23.5 Å². The summed E-state index contributed by atoms with van der Waals surface area (Å²) in [5, 5.41) is 0. The molecule has 0 atom stereocenters. The van der Waals surface area contributed by atoms with Crippen LogP contribution in [0, 0.1) is 18.7 Å². The van der Waals surface area contributed by atoms with Gasteiger partial charge >= 0.3 is 0 Å². The van der Waals surface area contributed by atoms with Crippen LogP contribution in [0.4, 0.5) is 4.39 Å². The van der Waals surface area contributed by atoms with Crippen LogP contribution < -0.4 is 4.74 Å². The van der Waals surface area contributed by atoms with Gasteiger partial charge < -0.3 is 9.15 Å². The molecule has 1 fully saturated rings. The number of hydrogen-bond acceptors (Lipinski definition) is 4. The summed E-state index contributed by atoms with van der Waals surface area (Å²) in [5.41, 5.74) is 2.46. The Labute approximate surface area is 165 Å². The molecule has 3 aromatic rings. The monoisotopic (exact) mass is 380 g/mol. The third-order valence-corrected chi connectivity index (χ3v) is 5.13. The molecule has 0 amide bonds. The minimum absolute atomic E-state index is 0.301. The van der Waals surface area contributed by atoms with Gasteiger partial charge in [0.05, 0.1) is 18.4 Å². The topological polar surface area (TPSA) is 38.5 Å². The van der Waals surface area contributed by atoms with Gasteiger partial charge in [-0.15, -0.1) is 0 Å². The summed E-state index contributed by atoms with van der Waals surface area (Å²) in [6.45, 7) is 4.49. The summed E-state index contributed by atoms with van der Waals surface area (Å²) in [4.78, 5) is 7.03. The van der Waals surface area contributed by atoms with E-state index in [0.29, 0.717) is 23.7 Å². The molecule has 5 heteroatoms. The van der Waals surface area contributed by atoms with Crippen LogP contribution in [0.25, 0.3) is 11.5 Å². The zero-order valence-corrected chi connectivity index (χ0v) is 16.3. The Balaban J connectivity index is 1.56. The van der Waals surface area contributed by atoms with Gasteiger partial charge in [0, 0.05) is 19.6 Å². The van der Waals surface area contributed by atoms with E-state index in [2.05, 4.69) is 34.1 Å². The first-order chi connectivity index (χ1) is 13.6. The van der Waals surface area contributed by atoms with Crippen molar-refractivity contribution in [3.63, 3.8) is 0 Å². The van der Waals surface area contributed by atoms with Crippen LogP contribution >= 0.6 is 0 Å². The fraction of sp³-hybridized carbons (Fsp3) is 0.348. The van der Waals surface area contributed by atoms with Crippen molar-refractivity contribution in [2.24, 2.45) is 5.92 Å². The zero-order chi connectivity index (χ0) is 19.5. The van der Waals surface area contributed by atoms with Crippen molar-refractivity contribution in [2.45, 2.75) is 32.9 Å². The Bertz CT molecular complexity index is 935.